The highest BCUT2D eigenvalue weighted by atomic mass is 35.5. The molecule has 0 aliphatic carbocycles. The Kier molecular flexibility index (Phi) is 8.26. The Morgan fingerprint density at radius 3 is 2.10 bits per heavy atom. The molecular weight excluding hydrogens is 612 g/mol. The number of hydrogen-bond acceptors (Lipinski definition) is 4. The second-order valence-electron chi connectivity index (χ2n) is 8.81. The Morgan fingerprint density at radius 1 is 0.700 bits per heavy atom. The van der Waals surface area contributed by atoms with Crippen molar-refractivity contribution >= 4 is 78.6 Å². The van der Waals surface area contributed by atoms with E-state index in [2.05, 4.69) is 5.32 Å². The van der Waals surface area contributed by atoms with E-state index < -0.39 is 21.5 Å². The van der Waals surface area contributed by atoms with E-state index in [0.29, 0.717) is 27.2 Å². The number of ether oxygens (including phenoxy) is 1. The number of hydrogen-bond donors (Lipinski definition) is 1. The van der Waals surface area contributed by atoms with E-state index in [-0.39, 0.29) is 26.1 Å². The van der Waals surface area contributed by atoms with Crippen LogP contribution < -0.4 is 10.1 Å². The SMILES string of the molecule is O=C(Nc1ccc(Oc2ccc(Cl)c3ccccc23)c(Cl)c1)c1cc(Cl)ccc1CS(=O)(=O)c1ccc(Cl)cc1. The van der Waals surface area contributed by atoms with Crippen LogP contribution in [0.4, 0.5) is 5.69 Å². The molecule has 1 amide bonds. The number of nitrogens with one attached hydrogen (secondary N) is 1. The third-order valence-corrected chi connectivity index (χ3v) is 8.87. The van der Waals surface area contributed by atoms with Gasteiger partial charge in [-0.1, -0.05) is 76.7 Å². The molecule has 0 heterocycles. The molecule has 0 saturated heterocycles. The second kappa shape index (κ2) is 11.7. The van der Waals surface area contributed by atoms with Crippen molar-refractivity contribution in [2.75, 3.05) is 5.32 Å². The lowest BCUT2D eigenvalue weighted by Gasteiger charge is -2.14. The van der Waals surface area contributed by atoms with Crippen molar-refractivity contribution in [1.29, 1.82) is 0 Å². The van der Waals surface area contributed by atoms with Gasteiger partial charge >= 0.3 is 0 Å². The van der Waals surface area contributed by atoms with E-state index in [4.69, 9.17) is 51.1 Å². The molecule has 0 atom stereocenters. The van der Waals surface area contributed by atoms with Crippen LogP contribution in [0, 0.1) is 0 Å². The summed E-state index contributed by atoms with van der Waals surface area (Å²) in [6, 6.07) is 26.2. The van der Waals surface area contributed by atoms with Gasteiger partial charge in [-0.15, -0.1) is 0 Å². The molecular formula is C30H19Cl4NO4S. The first-order chi connectivity index (χ1) is 19.1. The highest BCUT2D eigenvalue weighted by Crippen LogP contribution is 2.37. The van der Waals surface area contributed by atoms with Crippen LogP contribution in [0.5, 0.6) is 11.5 Å². The fraction of sp³-hybridized carbons (Fsp3) is 0.0333. The lowest BCUT2D eigenvalue weighted by Crippen LogP contribution is -2.16. The molecule has 40 heavy (non-hydrogen) atoms. The van der Waals surface area contributed by atoms with Gasteiger partial charge in [0.25, 0.3) is 5.91 Å². The quantitative estimate of drug-likeness (QED) is 0.194. The summed E-state index contributed by atoms with van der Waals surface area (Å²) in [4.78, 5) is 13.3. The summed E-state index contributed by atoms with van der Waals surface area (Å²) in [6.45, 7) is 0. The minimum absolute atomic E-state index is 0.0917. The van der Waals surface area contributed by atoms with Gasteiger partial charge in [-0.3, -0.25) is 4.79 Å². The third-order valence-electron chi connectivity index (χ3n) is 6.08. The van der Waals surface area contributed by atoms with Crippen molar-refractivity contribution < 1.29 is 17.9 Å². The van der Waals surface area contributed by atoms with Crippen molar-refractivity contribution in [3.05, 3.63) is 128 Å². The average Bonchev–Trinajstić information content (AvgIpc) is 2.93. The van der Waals surface area contributed by atoms with Crippen molar-refractivity contribution in [3.8, 4) is 11.5 Å². The summed E-state index contributed by atoms with van der Waals surface area (Å²) in [6.07, 6.45) is 0. The fourth-order valence-electron chi connectivity index (χ4n) is 4.12. The molecule has 5 rings (SSSR count). The lowest BCUT2D eigenvalue weighted by atomic mass is 10.1. The second-order valence-corrected chi connectivity index (χ2v) is 12.5. The zero-order valence-corrected chi connectivity index (χ0v) is 24.3. The number of halogens is 4. The summed E-state index contributed by atoms with van der Waals surface area (Å²) >= 11 is 24.9. The van der Waals surface area contributed by atoms with Crippen molar-refractivity contribution in [2.24, 2.45) is 0 Å². The molecule has 0 bridgehead atoms. The molecule has 5 nitrogen and oxygen atoms in total. The highest BCUT2D eigenvalue weighted by Gasteiger charge is 2.21. The van der Waals surface area contributed by atoms with E-state index in [1.807, 2.05) is 24.3 Å². The summed E-state index contributed by atoms with van der Waals surface area (Å²) in [5.41, 5.74) is 0.793. The minimum Gasteiger partial charge on any atom is -0.455 e. The van der Waals surface area contributed by atoms with Gasteiger partial charge in [-0.25, -0.2) is 8.42 Å². The third kappa shape index (κ3) is 6.22. The zero-order valence-electron chi connectivity index (χ0n) is 20.5. The molecule has 0 aliphatic rings. The maximum atomic E-state index is 13.3. The zero-order chi connectivity index (χ0) is 28.4. The largest absolute Gasteiger partial charge is 0.455 e. The number of amides is 1. The summed E-state index contributed by atoms with van der Waals surface area (Å²) in [5.74, 6) is 0.00274. The van der Waals surface area contributed by atoms with E-state index in [0.717, 1.165) is 10.8 Å². The predicted octanol–water partition coefficient (Wildman–Crippen LogP) is 9.47. The topological polar surface area (TPSA) is 72.5 Å². The maximum absolute atomic E-state index is 13.3. The number of rotatable bonds is 7. The van der Waals surface area contributed by atoms with Crippen molar-refractivity contribution in [1.82, 2.24) is 0 Å². The van der Waals surface area contributed by atoms with E-state index in [1.54, 1.807) is 30.3 Å². The molecule has 0 unspecified atom stereocenters. The first kappa shape index (κ1) is 28.3. The Morgan fingerprint density at radius 2 is 1.38 bits per heavy atom. The molecule has 0 aliphatic heterocycles. The van der Waals surface area contributed by atoms with Gasteiger partial charge < -0.3 is 10.1 Å². The number of benzene rings is 5. The molecule has 0 spiro atoms. The van der Waals surface area contributed by atoms with Gasteiger partial charge in [0.05, 0.1) is 15.7 Å². The first-order valence-corrected chi connectivity index (χ1v) is 15.0. The molecule has 5 aromatic rings. The minimum atomic E-state index is -3.76. The van der Waals surface area contributed by atoms with Crippen LogP contribution in [-0.4, -0.2) is 14.3 Å². The Labute approximate surface area is 251 Å². The van der Waals surface area contributed by atoms with Crippen LogP contribution in [-0.2, 0) is 15.6 Å². The van der Waals surface area contributed by atoms with Gasteiger partial charge in [0.1, 0.15) is 11.5 Å². The number of fused-ring (bicyclic) bond motifs is 1. The molecule has 0 radical (unpaired) electrons. The highest BCUT2D eigenvalue weighted by molar-refractivity contribution is 7.90. The average molecular weight is 631 g/mol. The van der Waals surface area contributed by atoms with Gasteiger partial charge in [0.15, 0.2) is 9.84 Å². The van der Waals surface area contributed by atoms with Crippen molar-refractivity contribution in [2.45, 2.75) is 10.6 Å². The molecule has 0 aromatic heterocycles. The van der Waals surface area contributed by atoms with Crippen LogP contribution in [0.2, 0.25) is 20.1 Å². The van der Waals surface area contributed by atoms with E-state index >= 15 is 0 Å². The van der Waals surface area contributed by atoms with Gasteiger partial charge in [0.2, 0.25) is 0 Å². The Hall–Kier alpha value is -3.26. The fourth-order valence-corrected chi connectivity index (χ4v) is 6.24. The standard InChI is InChI=1S/C30H19Cl4NO4S/c31-19-7-10-22(11-8-19)40(37,38)17-18-5-6-20(32)15-25(18)30(36)35-21-9-13-29(27(34)16-21)39-28-14-12-26(33)23-3-1-2-4-24(23)28/h1-16H,17H2,(H,35,36). The lowest BCUT2D eigenvalue weighted by molar-refractivity contribution is 0.102. The van der Waals surface area contributed by atoms with Crippen LogP contribution >= 0.6 is 46.4 Å². The van der Waals surface area contributed by atoms with E-state index in [1.165, 1.54) is 42.5 Å². The molecule has 202 valence electrons. The molecule has 1 N–H and O–H groups in total. The predicted molar refractivity (Wildman–Crippen MR) is 162 cm³/mol. The number of carbonyl (C=O) groups is 1. The monoisotopic (exact) mass is 629 g/mol. The maximum Gasteiger partial charge on any atom is 0.256 e. The van der Waals surface area contributed by atoms with Gasteiger partial charge in [-0.05, 0) is 72.3 Å². The van der Waals surface area contributed by atoms with Crippen LogP contribution in [0.3, 0.4) is 0 Å². The Bertz CT molecular complexity index is 1860. The number of carbonyl (C=O) groups excluding carboxylic acids is 1. The molecule has 0 fully saturated rings. The summed E-state index contributed by atoms with van der Waals surface area (Å²) in [5, 5.41) is 6.00. The van der Waals surface area contributed by atoms with Crippen molar-refractivity contribution in [3.63, 3.8) is 0 Å². The van der Waals surface area contributed by atoms with Crippen LogP contribution in [0.15, 0.2) is 102 Å². The van der Waals surface area contributed by atoms with Gasteiger partial charge in [-0.2, -0.15) is 0 Å². The molecule has 0 saturated carbocycles. The summed E-state index contributed by atoms with van der Waals surface area (Å²) in [7, 11) is -3.76. The normalized spacial score (nSPS) is 11.4. The first-order valence-electron chi connectivity index (χ1n) is 11.8. The smallest absolute Gasteiger partial charge is 0.256 e. The van der Waals surface area contributed by atoms with E-state index in [9.17, 15) is 13.2 Å². The molecule has 10 heteroatoms. The molecule has 5 aromatic carbocycles. The van der Waals surface area contributed by atoms with Gasteiger partial charge in [0, 0.05) is 37.1 Å². The number of anilines is 1. The number of sulfone groups is 1. The van der Waals surface area contributed by atoms with Crippen LogP contribution in [0.1, 0.15) is 15.9 Å². The Balaban J connectivity index is 1.37. The summed E-state index contributed by atoms with van der Waals surface area (Å²) < 4.78 is 32.1. The van der Waals surface area contributed by atoms with Crippen LogP contribution in [0.25, 0.3) is 10.8 Å².